The quantitative estimate of drug-likeness (QED) is 0.528. The van der Waals surface area contributed by atoms with Crippen molar-refractivity contribution in [3.63, 3.8) is 0 Å². The van der Waals surface area contributed by atoms with Crippen LogP contribution in [0, 0.1) is 0 Å². The molecule has 2 aliphatic rings. The van der Waals surface area contributed by atoms with Crippen molar-refractivity contribution in [2.24, 2.45) is 0 Å². The Bertz CT molecular complexity index is 1290. The Morgan fingerprint density at radius 1 is 0.946 bits per heavy atom. The first-order chi connectivity index (χ1) is 18.0. The van der Waals surface area contributed by atoms with Gasteiger partial charge in [-0.05, 0) is 23.6 Å². The van der Waals surface area contributed by atoms with Crippen LogP contribution in [-0.4, -0.2) is 90.2 Å². The van der Waals surface area contributed by atoms with Crippen molar-refractivity contribution in [2.75, 3.05) is 51.1 Å². The van der Waals surface area contributed by atoms with Crippen LogP contribution in [0.25, 0.3) is 10.8 Å². The molecule has 1 unspecified atom stereocenters. The Balaban J connectivity index is 1.18. The predicted molar refractivity (Wildman–Crippen MR) is 137 cm³/mol. The third-order valence-electron chi connectivity index (χ3n) is 6.84. The second kappa shape index (κ2) is 10.8. The molecule has 0 bridgehead atoms. The largest absolute Gasteiger partial charge is 0.459 e. The number of hydrogen-bond acceptors (Lipinski definition) is 6. The summed E-state index contributed by atoms with van der Waals surface area (Å²) < 4.78 is 5.20. The van der Waals surface area contributed by atoms with Gasteiger partial charge in [0.05, 0.1) is 19.2 Å². The molecule has 0 radical (unpaired) electrons. The number of anilines is 1. The maximum Gasteiger partial charge on any atom is 0.289 e. The van der Waals surface area contributed by atoms with Gasteiger partial charge in [-0.1, -0.05) is 36.4 Å². The SMILES string of the molecule is O=C(CC1C(=O)NCCN1C(=O)CN1CCN(C(=O)c2ccco2)CC1)Nc1cccc2ccccc12. The van der Waals surface area contributed by atoms with Gasteiger partial charge in [-0.2, -0.15) is 0 Å². The molecule has 37 heavy (non-hydrogen) atoms. The maximum absolute atomic E-state index is 13.2. The molecule has 192 valence electrons. The highest BCUT2D eigenvalue weighted by Gasteiger charge is 2.36. The summed E-state index contributed by atoms with van der Waals surface area (Å²) in [6, 6.07) is 15.8. The summed E-state index contributed by atoms with van der Waals surface area (Å²) in [7, 11) is 0. The number of nitrogens with one attached hydrogen (secondary N) is 2. The average Bonchev–Trinajstić information content (AvgIpc) is 3.45. The molecule has 3 aromatic rings. The van der Waals surface area contributed by atoms with Crippen molar-refractivity contribution in [3.05, 3.63) is 66.6 Å². The highest BCUT2D eigenvalue weighted by Crippen LogP contribution is 2.23. The Morgan fingerprint density at radius 3 is 2.51 bits per heavy atom. The molecule has 2 aromatic carbocycles. The molecule has 0 spiro atoms. The van der Waals surface area contributed by atoms with E-state index in [0.29, 0.717) is 50.7 Å². The van der Waals surface area contributed by atoms with Crippen LogP contribution in [-0.2, 0) is 14.4 Å². The summed E-state index contributed by atoms with van der Waals surface area (Å²) in [6.45, 7) is 2.83. The van der Waals surface area contributed by atoms with Crippen molar-refractivity contribution < 1.29 is 23.6 Å². The standard InChI is InChI=1S/C27H29N5O5/c33-24(29-21-8-3-6-19-5-1-2-7-20(19)21)17-22-26(35)28-10-11-32(22)25(34)18-30-12-14-31(15-13-30)27(36)23-9-4-16-37-23/h1-9,16,22H,10-15,17-18H2,(H,28,35)(H,29,33). The number of carbonyl (C=O) groups is 4. The number of hydrogen-bond donors (Lipinski definition) is 2. The van der Waals surface area contributed by atoms with Crippen LogP contribution in [0.15, 0.2) is 65.3 Å². The second-order valence-electron chi connectivity index (χ2n) is 9.22. The zero-order valence-corrected chi connectivity index (χ0v) is 20.4. The van der Waals surface area contributed by atoms with E-state index in [1.165, 1.54) is 11.2 Å². The molecule has 2 aliphatic heterocycles. The fourth-order valence-corrected chi connectivity index (χ4v) is 4.87. The lowest BCUT2D eigenvalue weighted by atomic mass is 10.1. The van der Waals surface area contributed by atoms with Gasteiger partial charge in [0.2, 0.25) is 17.7 Å². The third kappa shape index (κ3) is 5.49. The molecular weight excluding hydrogens is 474 g/mol. The molecule has 2 N–H and O–H groups in total. The minimum Gasteiger partial charge on any atom is -0.459 e. The Kier molecular flexibility index (Phi) is 7.18. The van der Waals surface area contributed by atoms with Crippen molar-refractivity contribution in [1.29, 1.82) is 0 Å². The van der Waals surface area contributed by atoms with E-state index in [9.17, 15) is 19.2 Å². The molecule has 3 heterocycles. The van der Waals surface area contributed by atoms with Gasteiger partial charge in [0.15, 0.2) is 5.76 Å². The lowest BCUT2D eigenvalue weighted by molar-refractivity contribution is -0.145. The molecule has 10 heteroatoms. The van der Waals surface area contributed by atoms with E-state index < -0.39 is 6.04 Å². The van der Waals surface area contributed by atoms with E-state index in [0.717, 1.165) is 10.8 Å². The van der Waals surface area contributed by atoms with E-state index >= 15 is 0 Å². The smallest absolute Gasteiger partial charge is 0.289 e. The first-order valence-corrected chi connectivity index (χ1v) is 12.4. The van der Waals surface area contributed by atoms with Gasteiger partial charge in [-0.3, -0.25) is 24.1 Å². The summed E-state index contributed by atoms with van der Waals surface area (Å²) in [4.78, 5) is 56.5. The zero-order valence-electron chi connectivity index (χ0n) is 20.4. The summed E-state index contributed by atoms with van der Waals surface area (Å²) in [5.74, 6) is -0.735. The van der Waals surface area contributed by atoms with Gasteiger partial charge in [0.1, 0.15) is 6.04 Å². The Morgan fingerprint density at radius 2 is 1.73 bits per heavy atom. The zero-order chi connectivity index (χ0) is 25.8. The van der Waals surface area contributed by atoms with Crippen LogP contribution in [0.5, 0.6) is 0 Å². The van der Waals surface area contributed by atoms with Gasteiger partial charge in [0.25, 0.3) is 5.91 Å². The van der Waals surface area contributed by atoms with E-state index in [2.05, 4.69) is 10.6 Å². The number of rotatable bonds is 6. The Labute approximate surface area is 214 Å². The van der Waals surface area contributed by atoms with E-state index in [1.54, 1.807) is 17.0 Å². The molecule has 1 aromatic heterocycles. The van der Waals surface area contributed by atoms with Crippen LogP contribution >= 0.6 is 0 Å². The normalized spacial score (nSPS) is 18.5. The molecule has 0 saturated carbocycles. The maximum atomic E-state index is 13.2. The first-order valence-electron chi connectivity index (χ1n) is 12.4. The molecule has 5 rings (SSSR count). The van der Waals surface area contributed by atoms with Gasteiger partial charge in [-0.25, -0.2) is 0 Å². The average molecular weight is 504 g/mol. The molecule has 4 amide bonds. The monoisotopic (exact) mass is 503 g/mol. The molecule has 2 saturated heterocycles. The van der Waals surface area contributed by atoms with Crippen molar-refractivity contribution >= 4 is 40.1 Å². The number of nitrogens with zero attached hydrogens (tertiary/aromatic N) is 3. The number of benzene rings is 2. The summed E-state index contributed by atoms with van der Waals surface area (Å²) in [5, 5.41) is 7.58. The molecule has 0 aliphatic carbocycles. The number of amides is 4. The second-order valence-corrected chi connectivity index (χ2v) is 9.22. The van der Waals surface area contributed by atoms with Crippen LogP contribution in [0.4, 0.5) is 5.69 Å². The Hall–Kier alpha value is -4.18. The highest BCUT2D eigenvalue weighted by molar-refractivity contribution is 6.04. The predicted octanol–water partition coefficient (Wildman–Crippen LogP) is 1.55. The van der Waals surface area contributed by atoms with E-state index in [1.807, 2.05) is 47.4 Å². The number of piperazine rings is 2. The number of furan rings is 1. The molecule has 1 atom stereocenters. The summed E-state index contributed by atoms with van der Waals surface area (Å²) in [5.41, 5.74) is 0.666. The number of fused-ring (bicyclic) bond motifs is 1. The van der Waals surface area contributed by atoms with E-state index in [-0.39, 0.29) is 36.6 Å². The van der Waals surface area contributed by atoms with Crippen LogP contribution in [0.3, 0.4) is 0 Å². The lowest BCUT2D eigenvalue weighted by Crippen LogP contribution is -2.60. The summed E-state index contributed by atoms with van der Waals surface area (Å²) >= 11 is 0. The van der Waals surface area contributed by atoms with Crippen molar-refractivity contribution in [2.45, 2.75) is 12.5 Å². The van der Waals surface area contributed by atoms with Crippen LogP contribution < -0.4 is 10.6 Å². The van der Waals surface area contributed by atoms with Crippen LogP contribution in [0.2, 0.25) is 0 Å². The number of carbonyl (C=O) groups excluding carboxylic acids is 4. The van der Waals surface area contributed by atoms with E-state index in [4.69, 9.17) is 4.42 Å². The van der Waals surface area contributed by atoms with Crippen LogP contribution in [0.1, 0.15) is 17.0 Å². The molecule has 2 fully saturated rings. The fraction of sp³-hybridized carbons (Fsp3) is 0.333. The topological polar surface area (TPSA) is 115 Å². The van der Waals surface area contributed by atoms with Gasteiger partial charge in [0, 0.05) is 50.3 Å². The van der Waals surface area contributed by atoms with Gasteiger partial charge >= 0.3 is 0 Å². The minimum atomic E-state index is -0.877. The van der Waals surface area contributed by atoms with Crippen molar-refractivity contribution in [1.82, 2.24) is 20.0 Å². The molecular formula is C27H29N5O5. The van der Waals surface area contributed by atoms with Crippen molar-refractivity contribution in [3.8, 4) is 0 Å². The van der Waals surface area contributed by atoms with Gasteiger partial charge < -0.3 is 24.9 Å². The minimum absolute atomic E-state index is 0.123. The first kappa shape index (κ1) is 24.5. The third-order valence-corrected chi connectivity index (χ3v) is 6.84. The highest BCUT2D eigenvalue weighted by atomic mass is 16.3. The lowest BCUT2D eigenvalue weighted by Gasteiger charge is -2.38. The molecule has 10 nitrogen and oxygen atoms in total. The summed E-state index contributed by atoms with van der Waals surface area (Å²) in [6.07, 6.45) is 1.34. The fourth-order valence-electron chi connectivity index (χ4n) is 4.87. The van der Waals surface area contributed by atoms with Gasteiger partial charge in [-0.15, -0.1) is 0 Å².